The number of carboxylic acids is 1. The van der Waals surface area contributed by atoms with E-state index in [1.54, 1.807) is 42.5 Å². The van der Waals surface area contributed by atoms with E-state index in [1.165, 1.54) is 18.2 Å². The number of carbonyl (C=O) groups is 2. The summed E-state index contributed by atoms with van der Waals surface area (Å²) >= 11 is 0. The minimum atomic E-state index is -0.969. The largest absolute Gasteiger partial charge is 0.494 e. The maximum absolute atomic E-state index is 12.2. The summed E-state index contributed by atoms with van der Waals surface area (Å²) in [6.45, 7) is 2.84. The van der Waals surface area contributed by atoms with E-state index in [1.807, 2.05) is 0 Å². The lowest BCUT2D eigenvalue weighted by molar-refractivity contribution is 0.0696. The number of aromatic carboxylic acids is 1. The summed E-state index contributed by atoms with van der Waals surface area (Å²) in [5.41, 5.74) is 1.58. The summed E-state index contributed by atoms with van der Waals surface area (Å²) in [5.74, 6) is -0.315. The highest BCUT2D eigenvalue weighted by atomic mass is 16.5. The van der Waals surface area contributed by atoms with Crippen LogP contribution in [0.5, 0.6) is 5.75 Å². The van der Waals surface area contributed by atoms with Crippen molar-refractivity contribution < 1.29 is 19.4 Å². The van der Waals surface area contributed by atoms with Gasteiger partial charge in [-0.3, -0.25) is 4.79 Å². The van der Waals surface area contributed by atoms with Gasteiger partial charge in [0.15, 0.2) is 5.78 Å². The first-order valence-electron chi connectivity index (χ1n) is 8.39. The van der Waals surface area contributed by atoms with Crippen molar-refractivity contribution in [2.75, 3.05) is 6.61 Å². The highest BCUT2D eigenvalue weighted by Gasteiger charge is 2.03. The Balaban J connectivity index is 1.92. The topological polar surface area (TPSA) is 63.6 Å². The van der Waals surface area contributed by atoms with Gasteiger partial charge in [0.1, 0.15) is 5.75 Å². The van der Waals surface area contributed by atoms with Gasteiger partial charge in [-0.2, -0.15) is 0 Å². The maximum Gasteiger partial charge on any atom is 0.335 e. The predicted molar refractivity (Wildman–Crippen MR) is 98.2 cm³/mol. The molecule has 0 heterocycles. The van der Waals surface area contributed by atoms with Crippen LogP contribution < -0.4 is 4.74 Å². The number of benzene rings is 2. The van der Waals surface area contributed by atoms with Crippen molar-refractivity contribution in [1.29, 1.82) is 0 Å². The quantitative estimate of drug-likeness (QED) is 0.403. The smallest absolute Gasteiger partial charge is 0.335 e. The summed E-state index contributed by atoms with van der Waals surface area (Å²) in [5, 5.41) is 8.86. The highest BCUT2D eigenvalue weighted by Crippen LogP contribution is 2.14. The predicted octanol–water partition coefficient (Wildman–Crippen LogP) is 4.85. The van der Waals surface area contributed by atoms with Crippen LogP contribution in [-0.2, 0) is 0 Å². The molecule has 0 saturated carbocycles. The van der Waals surface area contributed by atoms with Gasteiger partial charge in [0.05, 0.1) is 12.2 Å². The average Bonchev–Trinajstić information content (AvgIpc) is 2.64. The molecule has 0 fully saturated rings. The van der Waals surface area contributed by atoms with Crippen LogP contribution in [0.25, 0.3) is 6.08 Å². The third kappa shape index (κ3) is 5.92. The molecule has 130 valence electrons. The molecule has 4 nitrogen and oxygen atoms in total. The van der Waals surface area contributed by atoms with Crippen molar-refractivity contribution >= 4 is 17.8 Å². The molecule has 0 spiro atoms. The van der Waals surface area contributed by atoms with E-state index in [0.717, 1.165) is 30.6 Å². The number of unbranched alkanes of at least 4 members (excludes halogenated alkanes) is 2. The molecule has 0 unspecified atom stereocenters. The van der Waals surface area contributed by atoms with E-state index >= 15 is 0 Å². The van der Waals surface area contributed by atoms with Gasteiger partial charge >= 0.3 is 5.97 Å². The Labute approximate surface area is 147 Å². The normalized spacial score (nSPS) is 10.8. The van der Waals surface area contributed by atoms with Gasteiger partial charge in [0.25, 0.3) is 0 Å². The van der Waals surface area contributed by atoms with Crippen molar-refractivity contribution in [3.63, 3.8) is 0 Å². The Morgan fingerprint density at radius 3 is 2.20 bits per heavy atom. The second-order valence-corrected chi connectivity index (χ2v) is 5.70. The molecule has 0 bridgehead atoms. The van der Waals surface area contributed by atoms with Gasteiger partial charge < -0.3 is 9.84 Å². The van der Waals surface area contributed by atoms with Gasteiger partial charge in [-0.25, -0.2) is 4.79 Å². The van der Waals surface area contributed by atoms with Crippen molar-refractivity contribution in [3.8, 4) is 5.75 Å². The van der Waals surface area contributed by atoms with Crippen molar-refractivity contribution in [2.45, 2.75) is 26.2 Å². The SMILES string of the molecule is CCCCCOc1ccc(C(=O)/C=C/c2ccc(C(=O)O)cc2)cc1. The molecule has 2 rings (SSSR count). The van der Waals surface area contributed by atoms with Crippen LogP contribution in [0.1, 0.15) is 52.5 Å². The number of rotatable bonds is 9. The van der Waals surface area contributed by atoms with E-state index < -0.39 is 5.97 Å². The molecule has 2 aromatic carbocycles. The number of carbonyl (C=O) groups excluding carboxylic acids is 1. The van der Waals surface area contributed by atoms with Crippen LogP contribution in [-0.4, -0.2) is 23.5 Å². The lowest BCUT2D eigenvalue weighted by Gasteiger charge is -2.05. The molecule has 0 atom stereocenters. The number of allylic oxidation sites excluding steroid dienone is 1. The average molecular weight is 338 g/mol. The summed E-state index contributed by atoms with van der Waals surface area (Å²) in [6.07, 6.45) is 6.48. The van der Waals surface area contributed by atoms with Gasteiger partial charge in [-0.15, -0.1) is 0 Å². The molecule has 0 saturated heterocycles. The molecular weight excluding hydrogens is 316 g/mol. The first kappa shape index (κ1) is 18.5. The summed E-state index contributed by atoms with van der Waals surface area (Å²) in [6, 6.07) is 13.4. The Morgan fingerprint density at radius 1 is 0.960 bits per heavy atom. The van der Waals surface area contributed by atoms with Crippen molar-refractivity contribution in [3.05, 3.63) is 71.3 Å². The lowest BCUT2D eigenvalue weighted by atomic mass is 10.1. The molecule has 2 aromatic rings. The first-order valence-corrected chi connectivity index (χ1v) is 8.39. The molecule has 4 heteroatoms. The molecule has 0 radical (unpaired) electrons. The summed E-state index contributed by atoms with van der Waals surface area (Å²) in [7, 11) is 0. The minimum absolute atomic E-state index is 0.111. The van der Waals surface area contributed by atoms with Gasteiger partial charge in [-0.1, -0.05) is 38.0 Å². The molecule has 0 aromatic heterocycles. The van der Waals surface area contributed by atoms with Crippen LogP contribution in [0.15, 0.2) is 54.6 Å². The summed E-state index contributed by atoms with van der Waals surface area (Å²) in [4.78, 5) is 23.0. The van der Waals surface area contributed by atoms with E-state index in [0.29, 0.717) is 12.2 Å². The van der Waals surface area contributed by atoms with Crippen molar-refractivity contribution in [2.24, 2.45) is 0 Å². The molecule has 1 N–H and O–H groups in total. The van der Waals surface area contributed by atoms with E-state index in [9.17, 15) is 9.59 Å². The third-order valence-electron chi connectivity index (χ3n) is 3.74. The van der Waals surface area contributed by atoms with Crippen LogP contribution in [0.2, 0.25) is 0 Å². The number of hydrogen-bond donors (Lipinski definition) is 1. The Morgan fingerprint density at radius 2 is 1.60 bits per heavy atom. The van der Waals surface area contributed by atoms with Crippen LogP contribution in [0, 0.1) is 0 Å². The Bertz CT molecular complexity index is 727. The van der Waals surface area contributed by atoms with Gasteiger partial charge in [0.2, 0.25) is 0 Å². The molecule has 0 aliphatic carbocycles. The zero-order chi connectivity index (χ0) is 18.1. The van der Waals surface area contributed by atoms with E-state index in [-0.39, 0.29) is 11.3 Å². The zero-order valence-corrected chi connectivity index (χ0v) is 14.3. The minimum Gasteiger partial charge on any atom is -0.494 e. The number of ether oxygens (including phenoxy) is 1. The summed E-state index contributed by atoms with van der Waals surface area (Å²) < 4.78 is 5.63. The molecule has 0 aliphatic heterocycles. The molecule has 25 heavy (non-hydrogen) atoms. The Kier molecular flexibility index (Phi) is 6.96. The van der Waals surface area contributed by atoms with Gasteiger partial charge in [0, 0.05) is 5.56 Å². The maximum atomic E-state index is 12.2. The second-order valence-electron chi connectivity index (χ2n) is 5.70. The third-order valence-corrected chi connectivity index (χ3v) is 3.74. The fourth-order valence-corrected chi connectivity index (χ4v) is 2.26. The standard InChI is InChI=1S/C21H22O4/c1-2-3-4-15-25-19-12-10-17(11-13-19)20(22)14-7-16-5-8-18(9-6-16)21(23)24/h5-14H,2-4,15H2,1H3,(H,23,24)/b14-7+. The highest BCUT2D eigenvalue weighted by molar-refractivity contribution is 6.06. The Hall–Kier alpha value is -2.88. The first-order chi connectivity index (χ1) is 12.1. The van der Waals surface area contributed by atoms with E-state index in [2.05, 4.69) is 6.92 Å². The molecular formula is C21H22O4. The monoisotopic (exact) mass is 338 g/mol. The zero-order valence-electron chi connectivity index (χ0n) is 14.3. The number of hydrogen-bond acceptors (Lipinski definition) is 3. The van der Waals surface area contributed by atoms with E-state index in [4.69, 9.17) is 9.84 Å². The fourth-order valence-electron chi connectivity index (χ4n) is 2.26. The van der Waals surface area contributed by atoms with Crippen LogP contribution in [0.4, 0.5) is 0 Å². The molecule has 0 amide bonds. The van der Waals surface area contributed by atoms with Crippen molar-refractivity contribution in [1.82, 2.24) is 0 Å². The number of ketones is 1. The van der Waals surface area contributed by atoms with Crippen LogP contribution >= 0.6 is 0 Å². The number of carboxylic acid groups (broad SMARTS) is 1. The van der Waals surface area contributed by atoms with Gasteiger partial charge in [-0.05, 0) is 54.5 Å². The second kappa shape index (κ2) is 9.42. The molecule has 0 aliphatic rings. The van der Waals surface area contributed by atoms with Crippen LogP contribution in [0.3, 0.4) is 0 Å². The lowest BCUT2D eigenvalue weighted by Crippen LogP contribution is -1.98. The fraction of sp³-hybridized carbons (Fsp3) is 0.238.